The van der Waals surface area contributed by atoms with Crippen LogP contribution in [-0.2, 0) is 22.7 Å². The molecule has 2 N–H and O–H groups in total. The lowest BCUT2D eigenvalue weighted by Crippen LogP contribution is -2.00. The van der Waals surface area contributed by atoms with Crippen LogP contribution in [0.3, 0.4) is 0 Å². The van der Waals surface area contributed by atoms with Gasteiger partial charge in [-0.25, -0.2) is 0 Å². The van der Waals surface area contributed by atoms with Crippen LogP contribution in [0.15, 0.2) is 56.9 Å². The Bertz CT molecular complexity index is 1580. The Morgan fingerprint density at radius 1 is 0.682 bits per heavy atom. The molecular weight excluding hydrogens is 556 g/mol. The number of aromatic nitrogens is 2. The maximum absolute atomic E-state index is 12.5. The molecule has 0 saturated carbocycles. The standard InChI is InChI=1S/C34H44N6O4/c1-21(2)15-17-39-27-13-11-23(5)19-25(27)31(33(39)43)37-35-29(41)9-7-8-10-30(42)36-38-32-26-20-24(6)12-14-28(26)40(34(32)44)18-16-22(3)4/h11-14,19-22,43-44H,7-10,15-18H2,1-6H3. The molecule has 4 rings (SSSR count). The fourth-order valence-electron chi connectivity index (χ4n) is 5.16. The molecule has 2 heterocycles. The number of carbonyl (C=O) groups is 2. The van der Waals surface area contributed by atoms with E-state index in [9.17, 15) is 19.8 Å². The Kier molecular flexibility index (Phi) is 10.7. The van der Waals surface area contributed by atoms with Crippen LogP contribution in [-0.4, -0.2) is 31.2 Å². The highest BCUT2D eigenvalue weighted by atomic mass is 16.3. The van der Waals surface area contributed by atoms with Crippen LogP contribution in [0.5, 0.6) is 11.8 Å². The number of hydrogen-bond acceptors (Lipinski definition) is 6. The van der Waals surface area contributed by atoms with Crippen molar-refractivity contribution in [1.29, 1.82) is 0 Å². The van der Waals surface area contributed by atoms with Gasteiger partial charge in [-0.15, -0.1) is 20.5 Å². The lowest BCUT2D eigenvalue weighted by molar-refractivity contribution is -0.120. The summed E-state index contributed by atoms with van der Waals surface area (Å²) in [5.41, 5.74) is 4.33. The average molecular weight is 601 g/mol. The van der Waals surface area contributed by atoms with E-state index >= 15 is 0 Å². The number of hydrogen-bond donors (Lipinski definition) is 2. The summed E-state index contributed by atoms with van der Waals surface area (Å²) in [6.07, 6.45) is 2.87. The van der Waals surface area contributed by atoms with Gasteiger partial charge in [-0.05, 0) is 75.6 Å². The first-order valence-corrected chi connectivity index (χ1v) is 15.5. The molecule has 0 aliphatic heterocycles. The first-order valence-electron chi connectivity index (χ1n) is 15.5. The Morgan fingerprint density at radius 2 is 1.07 bits per heavy atom. The van der Waals surface area contributed by atoms with E-state index < -0.39 is 11.8 Å². The number of unbranched alkanes of at least 4 members (excludes halogenated alkanes) is 1. The Hall–Kier alpha value is -4.34. The second-order valence-corrected chi connectivity index (χ2v) is 12.4. The highest BCUT2D eigenvalue weighted by Crippen LogP contribution is 2.41. The summed E-state index contributed by atoms with van der Waals surface area (Å²) in [5.74, 6) is 0.0868. The lowest BCUT2D eigenvalue weighted by Gasteiger charge is -2.09. The zero-order chi connectivity index (χ0) is 32.0. The van der Waals surface area contributed by atoms with Crippen LogP contribution >= 0.6 is 0 Å². The average Bonchev–Trinajstić information content (AvgIpc) is 3.38. The summed E-state index contributed by atoms with van der Waals surface area (Å²) in [7, 11) is 0. The van der Waals surface area contributed by atoms with Crippen LogP contribution in [0.25, 0.3) is 21.8 Å². The molecule has 0 fully saturated rings. The Labute approximate surface area is 258 Å². The third-order valence-corrected chi connectivity index (χ3v) is 7.75. The summed E-state index contributed by atoms with van der Waals surface area (Å²) in [6, 6.07) is 11.7. The van der Waals surface area contributed by atoms with E-state index in [2.05, 4.69) is 48.2 Å². The van der Waals surface area contributed by atoms with Gasteiger partial charge >= 0.3 is 0 Å². The molecule has 2 aromatic heterocycles. The molecule has 2 amide bonds. The molecule has 44 heavy (non-hydrogen) atoms. The van der Waals surface area contributed by atoms with E-state index in [-0.39, 0.29) is 24.6 Å². The van der Waals surface area contributed by atoms with E-state index in [1.165, 1.54) is 0 Å². The van der Waals surface area contributed by atoms with Gasteiger partial charge in [0.15, 0.2) is 11.4 Å². The van der Waals surface area contributed by atoms with Gasteiger partial charge in [-0.1, -0.05) is 51.0 Å². The van der Waals surface area contributed by atoms with Crippen molar-refractivity contribution in [2.45, 2.75) is 93.2 Å². The quantitative estimate of drug-likeness (QED) is 0.117. The van der Waals surface area contributed by atoms with Crippen molar-refractivity contribution in [1.82, 2.24) is 9.13 Å². The van der Waals surface area contributed by atoms with Gasteiger partial charge in [0.25, 0.3) is 11.8 Å². The lowest BCUT2D eigenvalue weighted by atomic mass is 10.1. The van der Waals surface area contributed by atoms with Gasteiger partial charge in [0.2, 0.25) is 11.8 Å². The molecule has 10 heteroatoms. The maximum atomic E-state index is 12.5. The molecule has 0 aliphatic rings. The monoisotopic (exact) mass is 600 g/mol. The first-order chi connectivity index (χ1) is 21.0. The van der Waals surface area contributed by atoms with Gasteiger partial charge in [0, 0.05) is 36.7 Å². The highest BCUT2D eigenvalue weighted by molar-refractivity contribution is 5.96. The largest absolute Gasteiger partial charge is 0.493 e. The third-order valence-electron chi connectivity index (χ3n) is 7.75. The molecular formula is C34H44N6O4. The number of azo groups is 2. The fourth-order valence-corrected chi connectivity index (χ4v) is 5.16. The number of rotatable bonds is 13. The molecule has 4 aromatic rings. The molecule has 0 aliphatic carbocycles. The van der Waals surface area contributed by atoms with Crippen molar-refractivity contribution in [3.63, 3.8) is 0 Å². The molecule has 0 unspecified atom stereocenters. The summed E-state index contributed by atoms with van der Waals surface area (Å²) >= 11 is 0. The topological polar surface area (TPSA) is 134 Å². The zero-order valence-corrected chi connectivity index (χ0v) is 26.7. The van der Waals surface area contributed by atoms with E-state index in [0.29, 0.717) is 49.1 Å². The molecule has 234 valence electrons. The van der Waals surface area contributed by atoms with Crippen molar-refractivity contribution in [3.05, 3.63) is 47.5 Å². The Balaban J connectivity index is 1.35. The first kappa shape index (κ1) is 32.6. The van der Waals surface area contributed by atoms with Gasteiger partial charge in [-0.3, -0.25) is 9.59 Å². The van der Waals surface area contributed by atoms with Crippen LogP contribution in [0.2, 0.25) is 0 Å². The molecule has 0 saturated heterocycles. The summed E-state index contributed by atoms with van der Waals surface area (Å²) < 4.78 is 3.64. The summed E-state index contributed by atoms with van der Waals surface area (Å²) in [5, 5.41) is 39.3. The number of nitrogens with zero attached hydrogens (tertiary/aromatic N) is 6. The minimum absolute atomic E-state index is 0.00278. The molecule has 10 nitrogen and oxygen atoms in total. The number of aryl methyl sites for hydroxylation is 4. The molecule has 0 spiro atoms. The second-order valence-electron chi connectivity index (χ2n) is 12.4. The molecule has 0 atom stereocenters. The SMILES string of the molecule is Cc1ccc2c(c1)c(N=NC(=O)CCCCC(=O)N=Nc1c(O)n(CCC(C)C)c3ccc(C)cc13)c(O)n2CCC(C)C. The number of amides is 2. The molecule has 2 aromatic carbocycles. The smallest absolute Gasteiger partial charge is 0.264 e. The van der Waals surface area contributed by atoms with Crippen LogP contribution in [0.1, 0.15) is 77.3 Å². The predicted molar refractivity (Wildman–Crippen MR) is 173 cm³/mol. The number of fused-ring (bicyclic) bond motifs is 2. The fraction of sp³-hybridized carbons (Fsp3) is 0.471. The van der Waals surface area contributed by atoms with Gasteiger partial charge < -0.3 is 19.3 Å². The highest BCUT2D eigenvalue weighted by Gasteiger charge is 2.19. The van der Waals surface area contributed by atoms with E-state index in [4.69, 9.17) is 0 Å². The van der Waals surface area contributed by atoms with Gasteiger partial charge in [0.1, 0.15) is 0 Å². The van der Waals surface area contributed by atoms with Crippen molar-refractivity contribution >= 4 is 45.0 Å². The molecule has 0 bridgehead atoms. The van der Waals surface area contributed by atoms with Crippen molar-refractivity contribution < 1.29 is 19.8 Å². The Morgan fingerprint density at radius 3 is 1.43 bits per heavy atom. The zero-order valence-electron chi connectivity index (χ0n) is 26.7. The van der Waals surface area contributed by atoms with Crippen LogP contribution in [0.4, 0.5) is 11.4 Å². The summed E-state index contributed by atoms with van der Waals surface area (Å²) in [6.45, 7) is 13.7. The minimum atomic E-state index is -0.427. The van der Waals surface area contributed by atoms with E-state index in [1.807, 2.05) is 59.4 Å². The predicted octanol–water partition coefficient (Wildman–Crippen LogP) is 9.20. The van der Waals surface area contributed by atoms with Gasteiger partial charge in [0.05, 0.1) is 11.0 Å². The number of aromatic hydroxyl groups is 2. The van der Waals surface area contributed by atoms with Crippen LogP contribution in [0, 0.1) is 25.7 Å². The van der Waals surface area contributed by atoms with E-state index in [1.54, 1.807) is 0 Å². The maximum Gasteiger partial charge on any atom is 0.264 e. The second kappa shape index (κ2) is 14.4. The van der Waals surface area contributed by atoms with Crippen LogP contribution < -0.4 is 0 Å². The minimum Gasteiger partial charge on any atom is -0.493 e. The van der Waals surface area contributed by atoms with Crippen molar-refractivity contribution in [2.75, 3.05) is 0 Å². The summed E-state index contributed by atoms with van der Waals surface area (Å²) in [4.78, 5) is 25.0. The van der Waals surface area contributed by atoms with Crippen molar-refractivity contribution in [2.24, 2.45) is 32.3 Å². The van der Waals surface area contributed by atoms with Gasteiger partial charge in [-0.2, -0.15) is 0 Å². The molecule has 0 radical (unpaired) electrons. The third kappa shape index (κ3) is 7.78. The van der Waals surface area contributed by atoms with E-state index in [0.717, 1.165) is 45.8 Å². The van der Waals surface area contributed by atoms with Crippen molar-refractivity contribution in [3.8, 4) is 11.8 Å². The number of carbonyl (C=O) groups excluding carboxylic acids is 2. The normalized spacial score (nSPS) is 12.3. The number of benzene rings is 2.